The molecule has 0 amide bonds. The van der Waals surface area contributed by atoms with E-state index in [4.69, 9.17) is 0 Å². The monoisotopic (exact) mass is 175 g/mol. The van der Waals surface area contributed by atoms with Crippen LogP contribution in [-0.2, 0) is 0 Å². The van der Waals surface area contributed by atoms with Gasteiger partial charge in [0.25, 0.3) is 0 Å². The predicted octanol–water partition coefficient (Wildman–Crippen LogP) is 2.92. The van der Waals surface area contributed by atoms with E-state index in [1.54, 1.807) is 0 Å². The van der Waals surface area contributed by atoms with E-state index >= 15 is 0 Å². The van der Waals surface area contributed by atoms with Gasteiger partial charge in [-0.2, -0.15) is 0 Å². The molecule has 0 aromatic heterocycles. The Balaban J connectivity index is 2.33. The molecule has 0 radical (unpaired) electrons. The Hall–Kier alpha value is -0.980. The summed E-state index contributed by atoms with van der Waals surface area (Å²) in [5.41, 5.74) is 4.45. The van der Waals surface area contributed by atoms with E-state index in [9.17, 15) is 0 Å². The molecule has 1 heteroatoms. The lowest BCUT2D eigenvalue weighted by molar-refractivity contribution is 0.656. The quantitative estimate of drug-likeness (QED) is 0.597. The first-order chi connectivity index (χ1) is 6.38. The van der Waals surface area contributed by atoms with Crippen molar-refractivity contribution in [1.82, 2.24) is 5.32 Å². The molecule has 2 rings (SSSR count). The van der Waals surface area contributed by atoms with E-state index in [0.29, 0.717) is 0 Å². The normalized spacial score (nSPS) is 34.7. The highest BCUT2D eigenvalue weighted by molar-refractivity contribution is 5.38. The van der Waals surface area contributed by atoms with Crippen molar-refractivity contribution in [2.24, 2.45) is 0 Å². The van der Waals surface area contributed by atoms with E-state index in [1.165, 1.54) is 42.5 Å². The van der Waals surface area contributed by atoms with Crippen LogP contribution in [0, 0.1) is 0 Å². The van der Waals surface area contributed by atoms with Crippen LogP contribution in [0.15, 0.2) is 35.1 Å². The highest BCUT2D eigenvalue weighted by Gasteiger charge is 2.13. The molecule has 1 saturated heterocycles. The second-order valence-electron chi connectivity index (χ2n) is 3.84. The third-order valence-electron chi connectivity index (χ3n) is 2.79. The van der Waals surface area contributed by atoms with Crippen LogP contribution in [0.5, 0.6) is 0 Å². The zero-order valence-corrected chi connectivity index (χ0v) is 8.27. The summed E-state index contributed by atoms with van der Waals surface area (Å²) < 4.78 is 0. The maximum Gasteiger partial charge on any atom is 0.0361 e. The summed E-state index contributed by atoms with van der Waals surface area (Å²) in [7, 11) is 0. The molecule has 0 saturated carbocycles. The van der Waals surface area contributed by atoms with Gasteiger partial charge in [0.15, 0.2) is 0 Å². The van der Waals surface area contributed by atoms with Crippen LogP contribution in [0.1, 0.15) is 32.6 Å². The van der Waals surface area contributed by atoms with Crippen LogP contribution in [0.3, 0.4) is 0 Å². The van der Waals surface area contributed by atoms with Crippen molar-refractivity contribution in [2.45, 2.75) is 32.6 Å². The minimum absolute atomic E-state index is 1.15. The molecule has 1 fully saturated rings. The maximum atomic E-state index is 3.52. The zero-order valence-electron chi connectivity index (χ0n) is 8.27. The van der Waals surface area contributed by atoms with Crippen LogP contribution in [-0.4, -0.2) is 6.54 Å². The summed E-state index contributed by atoms with van der Waals surface area (Å²) in [6.45, 7) is 3.40. The number of nitrogens with one attached hydrogen (secondary N) is 1. The van der Waals surface area contributed by atoms with Crippen molar-refractivity contribution in [2.75, 3.05) is 6.54 Å². The van der Waals surface area contributed by atoms with Gasteiger partial charge in [-0.1, -0.05) is 18.2 Å². The van der Waals surface area contributed by atoms with Gasteiger partial charge in [0.05, 0.1) is 0 Å². The summed E-state index contributed by atoms with van der Waals surface area (Å²) in [5, 5.41) is 3.52. The fourth-order valence-electron chi connectivity index (χ4n) is 2.03. The average molecular weight is 175 g/mol. The maximum absolute atomic E-state index is 3.52. The van der Waals surface area contributed by atoms with Gasteiger partial charge in [0.1, 0.15) is 0 Å². The highest BCUT2D eigenvalue weighted by atomic mass is 14.9. The van der Waals surface area contributed by atoms with E-state index in [1.807, 2.05) is 0 Å². The van der Waals surface area contributed by atoms with Crippen molar-refractivity contribution in [1.29, 1.82) is 0 Å². The standard InChI is InChI=1S/C12H17N/c1-10-6-3-2-4-7-11-8-5-9-13-12(10)11/h2,4,7,13H,3,5-6,8-9H2,1H3/b4-2-,11-7-,12-10-. The summed E-state index contributed by atoms with van der Waals surface area (Å²) >= 11 is 0. The molecule has 0 aromatic carbocycles. The summed E-state index contributed by atoms with van der Waals surface area (Å²) in [6.07, 6.45) is 11.6. The fraction of sp³-hybridized carbons (Fsp3) is 0.500. The Morgan fingerprint density at radius 3 is 3.15 bits per heavy atom. The van der Waals surface area contributed by atoms with Gasteiger partial charge in [0.2, 0.25) is 0 Å². The zero-order chi connectivity index (χ0) is 9.10. The SMILES string of the molecule is C/C1=C2/NCCC/C2=C/C=C\CC1. The van der Waals surface area contributed by atoms with Gasteiger partial charge < -0.3 is 5.32 Å². The van der Waals surface area contributed by atoms with Crippen LogP contribution >= 0.6 is 0 Å². The molecule has 0 aromatic rings. The fourth-order valence-corrected chi connectivity index (χ4v) is 2.03. The molecular weight excluding hydrogens is 158 g/mol. The van der Waals surface area contributed by atoms with E-state index in [-0.39, 0.29) is 0 Å². The Kier molecular flexibility index (Phi) is 2.53. The van der Waals surface area contributed by atoms with Gasteiger partial charge in [-0.15, -0.1) is 0 Å². The molecule has 1 aliphatic heterocycles. The van der Waals surface area contributed by atoms with Gasteiger partial charge in [0, 0.05) is 12.2 Å². The molecule has 1 N–H and O–H groups in total. The molecule has 0 atom stereocenters. The van der Waals surface area contributed by atoms with Gasteiger partial charge >= 0.3 is 0 Å². The van der Waals surface area contributed by atoms with Crippen LogP contribution in [0.25, 0.3) is 0 Å². The molecule has 2 aliphatic rings. The van der Waals surface area contributed by atoms with Gasteiger partial charge in [-0.05, 0) is 43.8 Å². The van der Waals surface area contributed by atoms with Crippen molar-refractivity contribution in [3.63, 3.8) is 0 Å². The molecular formula is C12H17N. The number of hydrogen-bond acceptors (Lipinski definition) is 1. The number of rotatable bonds is 0. The average Bonchev–Trinajstić information content (AvgIpc) is 2.14. The largest absolute Gasteiger partial charge is 0.385 e. The lowest BCUT2D eigenvalue weighted by Gasteiger charge is -2.23. The Morgan fingerprint density at radius 2 is 2.23 bits per heavy atom. The predicted molar refractivity (Wildman–Crippen MR) is 56.4 cm³/mol. The summed E-state index contributed by atoms with van der Waals surface area (Å²) in [6, 6.07) is 0. The first-order valence-corrected chi connectivity index (χ1v) is 5.17. The van der Waals surface area contributed by atoms with Crippen LogP contribution in [0.2, 0.25) is 0 Å². The first-order valence-electron chi connectivity index (χ1n) is 5.17. The lowest BCUT2D eigenvalue weighted by Crippen LogP contribution is -2.23. The van der Waals surface area contributed by atoms with Crippen molar-refractivity contribution in [3.8, 4) is 0 Å². The van der Waals surface area contributed by atoms with Crippen LogP contribution < -0.4 is 5.32 Å². The molecule has 70 valence electrons. The Labute approximate surface area is 80.2 Å². The topological polar surface area (TPSA) is 12.0 Å². The Morgan fingerprint density at radius 1 is 1.31 bits per heavy atom. The second-order valence-corrected chi connectivity index (χ2v) is 3.84. The third-order valence-corrected chi connectivity index (χ3v) is 2.79. The molecule has 13 heavy (non-hydrogen) atoms. The van der Waals surface area contributed by atoms with Gasteiger partial charge in [-0.3, -0.25) is 0 Å². The minimum Gasteiger partial charge on any atom is -0.385 e. The molecule has 1 nitrogen and oxygen atoms in total. The van der Waals surface area contributed by atoms with Gasteiger partial charge in [-0.25, -0.2) is 0 Å². The minimum atomic E-state index is 1.15. The molecule has 0 unspecified atom stereocenters. The smallest absolute Gasteiger partial charge is 0.0361 e. The van der Waals surface area contributed by atoms with Crippen molar-refractivity contribution in [3.05, 3.63) is 35.1 Å². The molecule has 1 heterocycles. The van der Waals surface area contributed by atoms with E-state index in [0.717, 1.165) is 6.54 Å². The van der Waals surface area contributed by atoms with E-state index < -0.39 is 0 Å². The number of hydrogen-bond donors (Lipinski definition) is 1. The highest BCUT2D eigenvalue weighted by Crippen LogP contribution is 2.25. The summed E-state index contributed by atoms with van der Waals surface area (Å²) in [4.78, 5) is 0. The number of piperidine rings is 1. The second kappa shape index (κ2) is 3.82. The van der Waals surface area contributed by atoms with Crippen molar-refractivity contribution >= 4 is 0 Å². The van der Waals surface area contributed by atoms with E-state index in [2.05, 4.69) is 30.5 Å². The van der Waals surface area contributed by atoms with Crippen molar-refractivity contribution < 1.29 is 0 Å². The molecule has 1 aliphatic carbocycles. The molecule has 0 bridgehead atoms. The molecule has 0 spiro atoms. The third kappa shape index (κ3) is 1.85. The number of allylic oxidation sites excluding steroid dienone is 5. The number of fused-ring (bicyclic) bond motifs is 1. The lowest BCUT2D eigenvalue weighted by atomic mass is 9.95. The summed E-state index contributed by atoms with van der Waals surface area (Å²) in [5.74, 6) is 0. The Bertz CT molecular complexity index is 281. The first kappa shape index (κ1) is 8.61. The van der Waals surface area contributed by atoms with Crippen LogP contribution in [0.4, 0.5) is 0 Å².